The minimum Gasteiger partial charge on any atom is -0.281 e. The van der Waals surface area contributed by atoms with E-state index in [-0.39, 0.29) is 10.6 Å². The molecule has 0 saturated heterocycles. The van der Waals surface area contributed by atoms with Crippen LogP contribution in [0.4, 0.5) is 10.1 Å². The molecular weight excluding hydrogens is 257 g/mol. The number of aromatic amines is 1. The molecule has 0 aliphatic heterocycles. The van der Waals surface area contributed by atoms with Crippen molar-refractivity contribution in [1.82, 2.24) is 10.2 Å². The summed E-state index contributed by atoms with van der Waals surface area (Å²) in [5.74, 6) is -0.504. The van der Waals surface area contributed by atoms with Crippen molar-refractivity contribution in [2.75, 3.05) is 4.72 Å². The summed E-state index contributed by atoms with van der Waals surface area (Å²) in [7, 11) is -3.76. The number of sulfonamides is 1. The first-order chi connectivity index (χ1) is 8.40. The van der Waals surface area contributed by atoms with Crippen molar-refractivity contribution in [2.24, 2.45) is 0 Å². The van der Waals surface area contributed by atoms with Crippen LogP contribution in [-0.2, 0) is 10.0 Å². The van der Waals surface area contributed by atoms with E-state index in [2.05, 4.69) is 14.9 Å². The van der Waals surface area contributed by atoms with Gasteiger partial charge >= 0.3 is 0 Å². The highest BCUT2D eigenvalue weighted by atomic mass is 32.2. The lowest BCUT2D eigenvalue weighted by Gasteiger charge is -2.07. The number of aryl methyl sites for hydroxylation is 2. The van der Waals surface area contributed by atoms with Gasteiger partial charge in [-0.15, -0.1) is 0 Å². The van der Waals surface area contributed by atoms with Crippen LogP contribution in [0.1, 0.15) is 11.4 Å². The molecule has 0 aliphatic carbocycles. The van der Waals surface area contributed by atoms with Gasteiger partial charge in [0, 0.05) is 0 Å². The average Bonchev–Trinajstić information content (AvgIpc) is 2.58. The zero-order chi connectivity index (χ0) is 13.3. The summed E-state index contributed by atoms with van der Waals surface area (Å²) in [6, 6.07) is 5.27. The molecule has 1 aromatic heterocycles. The quantitative estimate of drug-likeness (QED) is 0.894. The normalized spacial score (nSPS) is 11.5. The molecule has 0 unspecified atom stereocenters. The summed E-state index contributed by atoms with van der Waals surface area (Å²) in [5, 5.41) is 6.42. The van der Waals surface area contributed by atoms with Gasteiger partial charge in [-0.05, 0) is 32.0 Å². The highest BCUT2D eigenvalue weighted by Crippen LogP contribution is 2.20. The standard InChI is InChI=1S/C11H12FN3O2S/c1-7-11(8(2)14-13-7)18(16,17)15-10-5-3-4-9(12)6-10/h3-6,15H,1-2H3,(H,13,14). The van der Waals surface area contributed by atoms with Gasteiger partial charge in [0.05, 0.1) is 17.1 Å². The molecule has 0 radical (unpaired) electrons. The van der Waals surface area contributed by atoms with Gasteiger partial charge in [-0.1, -0.05) is 6.07 Å². The van der Waals surface area contributed by atoms with Gasteiger partial charge in [-0.2, -0.15) is 5.10 Å². The van der Waals surface area contributed by atoms with Crippen molar-refractivity contribution in [3.63, 3.8) is 0 Å². The molecular formula is C11H12FN3O2S. The number of halogens is 1. The molecule has 0 fully saturated rings. The molecule has 0 saturated carbocycles. The Hall–Kier alpha value is -1.89. The van der Waals surface area contributed by atoms with Crippen molar-refractivity contribution in [3.05, 3.63) is 41.5 Å². The predicted octanol–water partition coefficient (Wildman–Crippen LogP) is 1.97. The Kier molecular flexibility index (Phi) is 3.08. The molecule has 5 nitrogen and oxygen atoms in total. The number of anilines is 1. The van der Waals surface area contributed by atoms with Crippen LogP contribution in [-0.4, -0.2) is 18.6 Å². The van der Waals surface area contributed by atoms with Crippen molar-refractivity contribution >= 4 is 15.7 Å². The summed E-state index contributed by atoms with van der Waals surface area (Å²) in [6.45, 7) is 3.20. The topological polar surface area (TPSA) is 74.8 Å². The minimum absolute atomic E-state index is 0.0896. The van der Waals surface area contributed by atoms with E-state index in [9.17, 15) is 12.8 Å². The molecule has 1 aromatic carbocycles. The first-order valence-corrected chi connectivity index (χ1v) is 6.68. The van der Waals surface area contributed by atoms with E-state index in [1.165, 1.54) is 18.2 Å². The maximum absolute atomic E-state index is 13.0. The number of nitrogens with one attached hydrogen (secondary N) is 2. The zero-order valence-corrected chi connectivity index (χ0v) is 10.7. The highest BCUT2D eigenvalue weighted by Gasteiger charge is 2.22. The first kappa shape index (κ1) is 12.6. The summed E-state index contributed by atoms with van der Waals surface area (Å²) in [6.07, 6.45) is 0. The van der Waals surface area contributed by atoms with E-state index in [4.69, 9.17) is 0 Å². The number of hydrogen-bond acceptors (Lipinski definition) is 3. The second-order valence-electron chi connectivity index (χ2n) is 3.88. The van der Waals surface area contributed by atoms with E-state index in [1.807, 2.05) is 0 Å². The summed E-state index contributed by atoms with van der Waals surface area (Å²) in [5.41, 5.74) is 0.989. The van der Waals surface area contributed by atoms with E-state index in [0.29, 0.717) is 11.4 Å². The van der Waals surface area contributed by atoms with Gasteiger partial charge in [-0.3, -0.25) is 9.82 Å². The van der Waals surface area contributed by atoms with Crippen molar-refractivity contribution in [3.8, 4) is 0 Å². The summed E-state index contributed by atoms with van der Waals surface area (Å²) < 4.78 is 39.5. The number of H-pyrrole nitrogens is 1. The Balaban J connectivity index is 2.39. The third-order valence-corrected chi connectivity index (χ3v) is 4.05. The van der Waals surface area contributed by atoms with Crippen LogP contribution in [0.25, 0.3) is 0 Å². The van der Waals surface area contributed by atoms with Crippen LogP contribution in [0, 0.1) is 19.7 Å². The molecule has 0 amide bonds. The fraction of sp³-hybridized carbons (Fsp3) is 0.182. The monoisotopic (exact) mass is 269 g/mol. The Morgan fingerprint density at radius 3 is 2.61 bits per heavy atom. The molecule has 18 heavy (non-hydrogen) atoms. The van der Waals surface area contributed by atoms with E-state index in [0.717, 1.165) is 6.07 Å². The molecule has 0 aliphatic rings. The molecule has 96 valence electrons. The maximum Gasteiger partial charge on any atom is 0.265 e. The first-order valence-electron chi connectivity index (χ1n) is 5.20. The third-order valence-electron chi connectivity index (χ3n) is 2.41. The lowest BCUT2D eigenvalue weighted by Crippen LogP contribution is -2.14. The number of nitrogens with zero attached hydrogens (tertiary/aromatic N) is 1. The van der Waals surface area contributed by atoms with E-state index in [1.54, 1.807) is 13.8 Å². The molecule has 7 heteroatoms. The van der Waals surface area contributed by atoms with Gasteiger partial charge in [0.1, 0.15) is 10.7 Å². The van der Waals surface area contributed by atoms with Crippen LogP contribution < -0.4 is 4.72 Å². The third kappa shape index (κ3) is 2.35. The van der Waals surface area contributed by atoms with Crippen molar-refractivity contribution in [1.29, 1.82) is 0 Å². The molecule has 2 rings (SSSR count). The lowest BCUT2D eigenvalue weighted by atomic mass is 10.3. The second kappa shape index (κ2) is 4.41. The maximum atomic E-state index is 13.0. The lowest BCUT2D eigenvalue weighted by molar-refractivity contribution is 0.600. The highest BCUT2D eigenvalue weighted by molar-refractivity contribution is 7.92. The Labute approximate surface area is 104 Å². The fourth-order valence-electron chi connectivity index (χ4n) is 1.69. The predicted molar refractivity (Wildman–Crippen MR) is 65.3 cm³/mol. The zero-order valence-electron chi connectivity index (χ0n) is 9.86. The van der Waals surface area contributed by atoms with E-state index >= 15 is 0 Å². The summed E-state index contributed by atoms with van der Waals surface area (Å²) >= 11 is 0. The number of benzene rings is 1. The van der Waals surface area contributed by atoms with Crippen molar-refractivity contribution in [2.45, 2.75) is 18.7 Å². The molecule has 0 atom stereocenters. The minimum atomic E-state index is -3.76. The van der Waals surface area contributed by atoms with Gasteiger partial charge in [-0.25, -0.2) is 12.8 Å². The molecule has 1 heterocycles. The Bertz CT molecular complexity index is 660. The number of aromatic nitrogens is 2. The fourth-order valence-corrected chi connectivity index (χ4v) is 3.12. The molecule has 0 bridgehead atoms. The Morgan fingerprint density at radius 2 is 2.06 bits per heavy atom. The van der Waals surface area contributed by atoms with Gasteiger partial charge in [0.2, 0.25) is 0 Å². The summed E-state index contributed by atoms with van der Waals surface area (Å²) in [4.78, 5) is 0.0896. The van der Waals surface area contributed by atoms with Crippen LogP contribution in [0.5, 0.6) is 0 Å². The SMILES string of the molecule is Cc1n[nH]c(C)c1S(=O)(=O)Nc1cccc(F)c1. The van der Waals surface area contributed by atoms with Gasteiger partial charge in [0.15, 0.2) is 0 Å². The molecule has 2 aromatic rings. The van der Waals surface area contributed by atoms with E-state index < -0.39 is 15.8 Å². The van der Waals surface area contributed by atoms with Gasteiger partial charge in [0.25, 0.3) is 10.0 Å². The molecule has 2 N–H and O–H groups in total. The van der Waals surface area contributed by atoms with Crippen LogP contribution >= 0.6 is 0 Å². The average molecular weight is 269 g/mol. The van der Waals surface area contributed by atoms with Crippen LogP contribution in [0.15, 0.2) is 29.2 Å². The Morgan fingerprint density at radius 1 is 1.33 bits per heavy atom. The van der Waals surface area contributed by atoms with Crippen molar-refractivity contribution < 1.29 is 12.8 Å². The number of hydrogen-bond donors (Lipinski definition) is 2. The van der Waals surface area contributed by atoms with Gasteiger partial charge < -0.3 is 0 Å². The van der Waals surface area contributed by atoms with Crippen LogP contribution in [0.3, 0.4) is 0 Å². The number of rotatable bonds is 3. The second-order valence-corrected chi connectivity index (χ2v) is 5.50. The molecule has 0 spiro atoms. The largest absolute Gasteiger partial charge is 0.281 e. The van der Waals surface area contributed by atoms with Crippen LogP contribution in [0.2, 0.25) is 0 Å². The smallest absolute Gasteiger partial charge is 0.265 e.